The lowest BCUT2D eigenvalue weighted by Crippen LogP contribution is -2.46. The van der Waals surface area contributed by atoms with Crippen molar-refractivity contribution in [3.05, 3.63) is 35.4 Å². The summed E-state index contributed by atoms with van der Waals surface area (Å²) in [5, 5.41) is 3.74. The van der Waals surface area contributed by atoms with Crippen LogP contribution in [0.15, 0.2) is 24.3 Å². The number of hydrogen-bond acceptors (Lipinski definition) is 2. The fourth-order valence-corrected chi connectivity index (χ4v) is 3.37. The third kappa shape index (κ3) is 3.46. The minimum absolute atomic E-state index is 0.361. The first-order valence-corrected chi connectivity index (χ1v) is 8.25. The van der Waals surface area contributed by atoms with Gasteiger partial charge in [-0.3, -0.25) is 4.79 Å². The van der Waals surface area contributed by atoms with Crippen LogP contribution in [0, 0.1) is 12.8 Å². The van der Waals surface area contributed by atoms with Crippen molar-refractivity contribution >= 4 is 5.91 Å². The van der Waals surface area contributed by atoms with E-state index in [1.165, 1.54) is 11.1 Å². The smallest absolute Gasteiger partial charge is 0.225 e. The van der Waals surface area contributed by atoms with E-state index in [9.17, 15) is 4.79 Å². The van der Waals surface area contributed by atoms with Crippen molar-refractivity contribution in [3.8, 4) is 0 Å². The zero-order valence-corrected chi connectivity index (χ0v) is 13.1. The molecule has 3 nitrogen and oxygen atoms in total. The van der Waals surface area contributed by atoms with Crippen LogP contribution in [0.2, 0.25) is 0 Å². The minimum Gasteiger partial charge on any atom is -0.342 e. The van der Waals surface area contributed by atoms with E-state index in [1.807, 2.05) is 0 Å². The molecule has 1 aromatic carbocycles. The van der Waals surface area contributed by atoms with Crippen LogP contribution in [0.4, 0.5) is 0 Å². The Bertz CT molecular complexity index is 502. The third-order valence-corrected chi connectivity index (χ3v) is 4.87. The summed E-state index contributed by atoms with van der Waals surface area (Å²) in [6.45, 7) is 6.26. The molecule has 2 fully saturated rings. The van der Waals surface area contributed by atoms with Gasteiger partial charge in [-0.05, 0) is 50.7 Å². The van der Waals surface area contributed by atoms with E-state index in [0.717, 1.165) is 38.8 Å². The molecule has 0 bridgehead atoms. The van der Waals surface area contributed by atoms with E-state index in [0.29, 0.717) is 23.9 Å². The molecule has 21 heavy (non-hydrogen) atoms. The molecule has 1 atom stereocenters. The molecule has 2 aliphatic rings. The highest BCUT2D eigenvalue weighted by Gasteiger charge is 2.35. The molecule has 0 aromatic heterocycles. The number of benzene rings is 1. The average Bonchev–Trinajstić information content (AvgIpc) is 3.32. The molecule has 1 amide bonds. The van der Waals surface area contributed by atoms with Gasteiger partial charge < -0.3 is 10.2 Å². The molecule has 1 aromatic rings. The number of rotatable bonds is 4. The summed E-state index contributed by atoms with van der Waals surface area (Å²) in [6.07, 6.45) is 4.38. The topological polar surface area (TPSA) is 32.3 Å². The van der Waals surface area contributed by atoms with Gasteiger partial charge in [-0.2, -0.15) is 0 Å². The Morgan fingerprint density at radius 3 is 2.48 bits per heavy atom. The van der Waals surface area contributed by atoms with Gasteiger partial charge in [-0.1, -0.05) is 24.3 Å². The van der Waals surface area contributed by atoms with Crippen LogP contribution >= 0.6 is 0 Å². The van der Waals surface area contributed by atoms with Crippen molar-refractivity contribution in [2.45, 2.75) is 51.6 Å². The fourth-order valence-electron chi connectivity index (χ4n) is 3.37. The lowest BCUT2D eigenvalue weighted by Gasteiger charge is -2.34. The van der Waals surface area contributed by atoms with Crippen molar-refractivity contribution in [2.75, 3.05) is 13.1 Å². The minimum atomic E-state index is 0.361. The molecule has 0 radical (unpaired) electrons. The monoisotopic (exact) mass is 286 g/mol. The molecule has 1 aliphatic carbocycles. The molecule has 1 saturated heterocycles. The normalized spacial score (nSPS) is 21.3. The van der Waals surface area contributed by atoms with Gasteiger partial charge >= 0.3 is 0 Å². The maximum absolute atomic E-state index is 12.1. The van der Waals surface area contributed by atoms with Gasteiger partial charge in [0, 0.05) is 31.1 Å². The first-order valence-electron chi connectivity index (χ1n) is 8.25. The zero-order chi connectivity index (χ0) is 14.8. The van der Waals surface area contributed by atoms with E-state index in [4.69, 9.17) is 0 Å². The molecular formula is C18H26N2O. The molecule has 1 saturated carbocycles. The highest BCUT2D eigenvalue weighted by atomic mass is 16.2. The van der Waals surface area contributed by atoms with Crippen molar-refractivity contribution in [1.29, 1.82) is 0 Å². The second kappa shape index (κ2) is 6.18. The second-order valence-corrected chi connectivity index (χ2v) is 6.62. The van der Waals surface area contributed by atoms with Crippen LogP contribution in [-0.4, -0.2) is 29.9 Å². The van der Waals surface area contributed by atoms with Gasteiger partial charge in [0.25, 0.3) is 0 Å². The number of nitrogens with zero attached hydrogens (tertiary/aromatic N) is 1. The van der Waals surface area contributed by atoms with Crippen molar-refractivity contribution < 1.29 is 4.79 Å². The number of piperidine rings is 1. The number of carbonyl (C=O) groups is 1. The van der Waals surface area contributed by atoms with Crippen molar-refractivity contribution in [3.63, 3.8) is 0 Å². The summed E-state index contributed by atoms with van der Waals surface area (Å²) in [5.41, 5.74) is 2.73. The van der Waals surface area contributed by atoms with E-state index < -0.39 is 0 Å². The Morgan fingerprint density at radius 2 is 1.86 bits per heavy atom. The Balaban J connectivity index is 1.51. The van der Waals surface area contributed by atoms with E-state index in [2.05, 4.69) is 48.3 Å². The maximum atomic E-state index is 12.1. The van der Waals surface area contributed by atoms with Crippen LogP contribution in [0.25, 0.3) is 0 Å². The predicted octanol–water partition coefficient (Wildman–Crippen LogP) is 3.05. The van der Waals surface area contributed by atoms with Crippen LogP contribution in [0.1, 0.15) is 49.8 Å². The van der Waals surface area contributed by atoms with E-state index in [1.54, 1.807) is 0 Å². The van der Waals surface area contributed by atoms with Gasteiger partial charge in [-0.25, -0.2) is 0 Å². The Morgan fingerprint density at radius 1 is 1.19 bits per heavy atom. The standard InChI is InChI=1S/C18H26N2O/c1-13-5-3-4-6-17(13)14(2)19-16-9-11-20(12-10-16)18(21)15-7-8-15/h3-6,14-16,19H,7-12H2,1-2H3. The van der Waals surface area contributed by atoms with Crippen LogP contribution < -0.4 is 5.32 Å². The lowest BCUT2D eigenvalue weighted by atomic mass is 9.99. The van der Waals surface area contributed by atoms with Gasteiger partial charge in [0.2, 0.25) is 5.91 Å². The number of amides is 1. The number of aryl methyl sites for hydroxylation is 1. The van der Waals surface area contributed by atoms with Crippen molar-refractivity contribution in [1.82, 2.24) is 10.2 Å². The number of hydrogen-bond donors (Lipinski definition) is 1. The van der Waals surface area contributed by atoms with Crippen LogP contribution in [0.3, 0.4) is 0 Å². The lowest BCUT2D eigenvalue weighted by molar-refractivity contribution is -0.133. The van der Waals surface area contributed by atoms with Gasteiger partial charge in [-0.15, -0.1) is 0 Å². The highest BCUT2D eigenvalue weighted by Crippen LogP contribution is 2.32. The maximum Gasteiger partial charge on any atom is 0.225 e. The van der Waals surface area contributed by atoms with Crippen LogP contribution in [-0.2, 0) is 4.79 Å². The first kappa shape index (κ1) is 14.6. The molecule has 3 rings (SSSR count). The molecule has 1 N–H and O–H groups in total. The Kier molecular flexibility index (Phi) is 4.29. The van der Waals surface area contributed by atoms with Crippen molar-refractivity contribution in [2.24, 2.45) is 5.92 Å². The van der Waals surface area contributed by atoms with Gasteiger partial charge in [0.15, 0.2) is 0 Å². The summed E-state index contributed by atoms with van der Waals surface area (Å²) in [5.74, 6) is 0.765. The first-order chi connectivity index (χ1) is 10.1. The largest absolute Gasteiger partial charge is 0.342 e. The van der Waals surface area contributed by atoms with E-state index >= 15 is 0 Å². The molecule has 114 valence electrons. The summed E-state index contributed by atoms with van der Waals surface area (Å²) in [4.78, 5) is 14.1. The quantitative estimate of drug-likeness (QED) is 0.922. The van der Waals surface area contributed by atoms with Gasteiger partial charge in [0.05, 0.1) is 0 Å². The third-order valence-electron chi connectivity index (χ3n) is 4.87. The number of nitrogens with one attached hydrogen (secondary N) is 1. The molecule has 1 heterocycles. The summed E-state index contributed by atoms with van der Waals surface area (Å²) < 4.78 is 0. The van der Waals surface area contributed by atoms with E-state index in [-0.39, 0.29) is 0 Å². The highest BCUT2D eigenvalue weighted by molar-refractivity contribution is 5.81. The Hall–Kier alpha value is -1.35. The molecule has 3 heteroatoms. The van der Waals surface area contributed by atoms with Crippen LogP contribution in [0.5, 0.6) is 0 Å². The number of carbonyl (C=O) groups excluding carboxylic acids is 1. The molecule has 0 spiro atoms. The fraction of sp³-hybridized carbons (Fsp3) is 0.611. The molecular weight excluding hydrogens is 260 g/mol. The second-order valence-electron chi connectivity index (χ2n) is 6.62. The SMILES string of the molecule is Cc1ccccc1C(C)NC1CCN(C(=O)C2CC2)CC1. The summed E-state index contributed by atoms with van der Waals surface area (Å²) >= 11 is 0. The zero-order valence-electron chi connectivity index (χ0n) is 13.1. The van der Waals surface area contributed by atoms with Gasteiger partial charge in [0.1, 0.15) is 0 Å². The number of likely N-dealkylation sites (tertiary alicyclic amines) is 1. The molecule has 1 aliphatic heterocycles. The summed E-state index contributed by atoms with van der Waals surface area (Å²) in [7, 11) is 0. The predicted molar refractivity (Wildman–Crippen MR) is 85.1 cm³/mol. The average molecular weight is 286 g/mol. The Labute approximate surface area is 127 Å². The summed E-state index contributed by atoms with van der Waals surface area (Å²) in [6, 6.07) is 9.48. The molecule has 1 unspecified atom stereocenters.